The van der Waals surface area contributed by atoms with Gasteiger partial charge < -0.3 is 11.1 Å². The second-order valence-electron chi connectivity index (χ2n) is 4.31. The van der Waals surface area contributed by atoms with E-state index in [2.05, 4.69) is 5.32 Å². The molecule has 2 atom stereocenters. The summed E-state index contributed by atoms with van der Waals surface area (Å²) in [6.45, 7) is 4.09. The highest BCUT2D eigenvalue weighted by Crippen LogP contribution is 2.25. The first kappa shape index (κ1) is 11.0. The highest BCUT2D eigenvalue weighted by Gasteiger charge is 2.31. The van der Waals surface area contributed by atoms with Crippen LogP contribution in [0.4, 0.5) is 0 Å². The third kappa shape index (κ3) is 2.72. The standard InChI is InChI=1S/C10H18N2O2/c1-6(2)10-7(5-8(11)13)3-4-9(14)12-10/h6-7,10H,3-5H2,1-2H3,(H2,11,13)(H,12,14)/t7-,10-/m1/s1. The number of primary amides is 1. The molecule has 1 rings (SSSR count). The number of nitrogens with two attached hydrogens (primary N) is 1. The van der Waals surface area contributed by atoms with Crippen molar-refractivity contribution in [1.29, 1.82) is 0 Å². The number of carbonyl (C=O) groups excluding carboxylic acids is 2. The predicted molar refractivity (Wildman–Crippen MR) is 53.3 cm³/mol. The zero-order valence-corrected chi connectivity index (χ0v) is 8.75. The number of hydrogen-bond donors (Lipinski definition) is 2. The monoisotopic (exact) mass is 198 g/mol. The van der Waals surface area contributed by atoms with Gasteiger partial charge in [0.05, 0.1) is 0 Å². The van der Waals surface area contributed by atoms with Crippen molar-refractivity contribution in [3.63, 3.8) is 0 Å². The van der Waals surface area contributed by atoms with Crippen molar-refractivity contribution >= 4 is 11.8 Å². The molecule has 0 aromatic carbocycles. The first-order valence-electron chi connectivity index (χ1n) is 5.08. The molecule has 4 heteroatoms. The van der Waals surface area contributed by atoms with Gasteiger partial charge in [-0.15, -0.1) is 0 Å². The Balaban J connectivity index is 2.62. The molecule has 0 aliphatic carbocycles. The van der Waals surface area contributed by atoms with E-state index in [9.17, 15) is 9.59 Å². The number of hydrogen-bond acceptors (Lipinski definition) is 2. The average molecular weight is 198 g/mol. The lowest BCUT2D eigenvalue weighted by atomic mass is 9.82. The normalized spacial score (nSPS) is 27.5. The summed E-state index contributed by atoms with van der Waals surface area (Å²) in [6.07, 6.45) is 1.67. The number of amides is 2. The van der Waals surface area contributed by atoms with E-state index in [1.54, 1.807) is 0 Å². The van der Waals surface area contributed by atoms with Gasteiger partial charge in [-0.3, -0.25) is 9.59 Å². The van der Waals surface area contributed by atoms with E-state index in [0.717, 1.165) is 6.42 Å². The zero-order chi connectivity index (χ0) is 10.7. The van der Waals surface area contributed by atoms with Crippen LogP contribution >= 0.6 is 0 Å². The van der Waals surface area contributed by atoms with Crippen LogP contribution in [0.3, 0.4) is 0 Å². The van der Waals surface area contributed by atoms with Crippen LogP contribution in [-0.4, -0.2) is 17.9 Å². The van der Waals surface area contributed by atoms with Gasteiger partial charge in [0.2, 0.25) is 11.8 Å². The van der Waals surface area contributed by atoms with Gasteiger partial charge in [0.1, 0.15) is 0 Å². The maximum Gasteiger partial charge on any atom is 0.220 e. The van der Waals surface area contributed by atoms with E-state index in [0.29, 0.717) is 18.8 Å². The molecule has 0 aromatic rings. The molecule has 0 saturated carbocycles. The molecule has 0 bridgehead atoms. The van der Waals surface area contributed by atoms with Crippen molar-refractivity contribution in [1.82, 2.24) is 5.32 Å². The maximum atomic E-state index is 11.2. The van der Waals surface area contributed by atoms with Crippen molar-refractivity contribution in [3.05, 3.63) is 0 Å². The van der Waals surface area contributed by atoms with E-state index < -0.39 is 0 Å². The van der Waals surface area contributed by atoms with Crippen LogP contribution < -0.4 is 11.1 Å². The van der Waals surface area contributed by atoms with Crippen LogP contribution in [-0.2, 0) is 9.59 Å². The molecule has 0 unspecified atom stereocenters. The number of piperidine rings is 1. The van der Waals surface area contributed by atoms with E-state index in [1.165, 1.54) is 0 Å². The van der Waals surface area contributed by atoms with Crippen LogP contribution in [0, 0.1) is 11.8 Å². The summed E-state index contributed by atoms with van der Waals surface area (Å²) >= 11 is 0. The first-order valence-corrected chi connectivity index (χ1v) is 5.08. The molecule has 4 nitrogen and oxygen atoms in total. The molecule has 80 valence electrons. The second-order valence-corrected chi connectivity index (χ2v) is 4.31. The quantitative estimate of drug-likeness (QED) is 0.689. The molecule has 1 aliphatic heterocycles. The Hall–Kier alpha value is -1.06. The maximum absolute atomic E-state index is 11.2. The van der Waals surface area contributed by atoms with Crippen LogP contribution in [0.5, 0.6) is 0 Å². The molecule has 0 spiro atoms. The minimum Gasteiger partial charge on any atom is -0.370 e. The Bertz CT molecular complexity index is 238. The van der Waals surface area contributed by atoms with Gasteiger partial charge in [0.15, 0.2) is 0 Å². The van der Waals surface area contributed by atoms with Crippen molar-refractivity contribution in [2.24, 2.45) is 17.6 Å². The highest BCUT2D eigenvalue weighted by atomic mass is 16.2. The van der Waals surface area contributed by atoms with E-state index >= 15 is 0 Å². The lowest BCUT2D eigenvalue weighted by Gasteiger charge is -2.34. The molecule has 1 fully saturated rings. The van der Waals surface area contributed by atoms with Gasteiger partial charge in [0.25, 0.3) is 0 Å². The van der Waals surface area contributed by atoms with Crippen LogP contribution in [0.2, 0.25) is 0 Å². The summed E-state index contributed by atoms with van der Waals surface area (Å²) in [6, 6.07) is 0.101. The fourth-order valence-corrected chi connectivity index (χ4v) is 2.07. The smallest absolute Gasteiger partial charge is 0.220 e. The predicted octanol–water partition coefficient (Wildman–Crippen LogP) is 0.413. The number of nitrogens with one attached hydrogen (secondary N) is 1. The van der Waals surface area contributed by atoms with Crippen molar-refractivity contribution < 1.29 is 9.59 Å². The molecule has 1 heterocycles. The van der Waals surface area contributed by atoms with Crippen molar-refractivity contribution in [3.8, 4) is 0 Å². The summed E-state index contributed by atoms with van der Waals surface area (Å²) in [7, 11) is 0. The number of carbonyl (C=O) groups is 2. The van der Waals surface area contributed by atoms with Gasteiger partial charge in [-0.2, -0.15) is 0 Å². The molecule has 0 radical (unpaired) electrons. The van der Waals surface area contributed by atoms with Crippen LogP contribution in [0.25, 0.3) is 0 Å². The molecular weight excluding hydrogens is 180 g/mol. The molecule has 2 amide bonds. The largest absolute Gasteiger partial charge is 0.370 e. The van der Waals surface area contributed by atoms with Crippen LogP contribution in [0.15, 0.2) is 0 Å². The Kier molecular flexibility index (Phi) is 3.49. The minimum absolute atomic E-state index is 0.0874. The molecule has 3 N–H and O–H groups in total. The summed E-state index contributed by atoms with van der Waals surface area (Å²) in [4.78, 5) is 22.0. The summed E-state index contributed by atoms with van der Waals surface area (Å²) in [5.74, 6) is 0.370. The zero-order valence-electron chi connectivity index (χ0n) is 8.75. The third-order valence-electron chi connectivity index (χ3n) is 2.76. The molecule has 0 aromatic heterocycles. The van der Waals surface area contributed by atoms with Crippen molar-refractivity contribution in [2.75, 3.05) is 0 Å². The van der Waals surface area contributed by atoms with Gasteiger partial charge in [0, 0.05) is 18.9 Å². The third-order valence-corrected chi connectivity index (χ3v) is 2.76. The Morgan fingerprint density at radius 1 is 1.64 bits per heavy atom. The van der Waals surface area contributed by atoms with Gasteiger partial charge >= 0.3 is 0 Å². The number of rotatable bonds is 3. The van der Waals surface area contributed by atoms with E-state index in [4.69, 9.17) is 5.73 Å². The van der Waals surface area contributed by atoms with Gasteiger partial charge in [-0.1, -0.05) is 13.8 Å². The lowest BCUT2D eigenvalue weighted by molar-refractivity contribution is -0.127. The lowest BCUT2D eigenvalue weighted by Crippen LogP contribution is -2.48. The molecule has 14 heavy (non-hydrogen) atoms. The Morgan fingerprint density at radius 3 is 2.79 bits per heavy atom. The fourth-order valence-electron chi connectivity index (χ4n) is 2.07. The summed E-state index contributed by atoms with van der Waals surface area (Å²) < 4.78 is 0. The average Bonchev–Trinajstić information content (AvgIpc) is 2.07. The van der Waals surface area contributed by atoms with Gasteiger partial charge in [-0.25, -0.2) is 0 Å². The topological polar surface area (TPSA) is 72.2 Å². The Labute approximate surface area is 84.2 Å². The molecular formula is C10H18N2O2. The van der Waals surface area contributed by atoms with E-state index in [-0.39, 0.29) is 23.8 Å². The first-order chi connectivity index (χ1) is 6.50. The van der Waals surface area contributed by atoms with E-state index in [1.807, 2.05) is 13.8 Å². The molecule has 1 saturated heterocycles. The molecule has 1 aliphatic rings. The fraction of sp³-hybridized carbons (Fsp3) is 0.800. The second kappa shape index (κ2) is 4.44. The highest BCUT2D eigenvalue weighted by molar-refractivity contribution is 5.78. The summed E-state index contributed by atoms with van der Waals surface area (Å²) in [5, 5.41) is 2.92. The van der Waals surface area contributed by atoms with Crippen LogP contribution in [0.1, 0.15) is 33.1 Å². The summed E-state index contributed by atoms with van der Waals surface area (Å²) in [5.41, 5.74) is 5.17. The SMILES string of the molecule is CC(C)[C@H]1NC(=O)CC[C@@H]1CC(N)=O. The van der Waals surface area contributed by atoms with Gasteiger partial charge in [-0.05, 0) is 18.3 Å². The Morgan fingerprint density at radius 2 is 2.29 bits per heavy atom. The minimum atomic E-state index is -0.281. The van der Waals surface area contributed by atoms with Crippen molar-refractivity contribution in [2.45, 2.75) is 39.2 Å².